The molecular weight excluding hydrogens is 457 g/mol. The molecule has 6 nitrogen and oxygen atoms in total. The molecule has 0 aliphatic carbocycles. The normalized spacial score (nSPS) is 21.1. The van der Waals surface area contributed by atoms with E-state index < -0.39 is 6.67 Å². The minimum atomic E-state index is -0.652. The maximum absolute atomic E-state index is 12.8. The Hall–Kier alpha value is -2.35. The Kier molecular flexibility index (Phi) is 7.96. The van der Waals surface area contributed by atoms with Gasteiger partial charge in [0.05, 0.1) is 5.69 Å². The average Bonchev–Trinajstić information content (AvgIpc) is 3.37. The summed E-state index contributed by atoms with van der Waals surface area (Å²) in [4.78, 5) is 33.8. The molecule has 0 bridgehead atoms. The zero-order valence-electron chi connectivity index (χ0n) is 19.7. The predicted molar refractivity (Wildman–Crippen MR) is 129 cm³/mol. The summed E-state index contributed by atoms with van der Waals surface area (Å²) in [5.41, 5.74) is 3.76. The first-order valence-corrected chi connectivity index (χ1v) is 12.2. The Morgan fingerprint density at radius 2 is 2.03 bits per heavy atom. The third-order valence-electron chi connectivity index (χ3n) is 6.82. The van der Waals surface area contributed by atoms with Crippen molar-refractivity contribution in [3.63, 3.8) is 0 Å². The number of piperazine rings is 1. The zero-order chi connectivity index (χ0) is 24.2. The quantitative estimate of drug-likeness (QED) is 0.549. The second-order valence-electron chi connectivity index (χ2n) is 9.24. The van der Waals surface area contributed by atoms with Crippen LogP contribution >= 0.6 is 11.6 Å². The van der Waals surface area contributed by atoms with Gasteiger partial charge in [0.15, 0.2) is 5.78 Å². The summed E-state index contributed by atoms with van der Waals surface area (Å²) in [7, 11) is 0. The molecule has 2 saturated heterocycles. The van der Waals surface area contributed by atoms with Crippen LogP contribution in [0, 0.1) is 6.92 Å². The zero-order valence-corrected chi connectivity index (χ0v) is 20.5. The molecule has 4 rings (SSSR count). The van der Waals surface area contributed by atoms with Crippen molar-refractivity contribution < 1.29 is 18.7 Å². The number of ether oxygens (including phenoxy) is 1. The summed E-state index contributed by atoms with van der Waals surface area (Å²) in [6.45, 7) is 7.03. The summed E-state index contributed by atoms with van der Waals surface area (Å²) in [5, 5.41) is 0.592. The molecule has 0 radical (unpaired) electrons. The van der Waals surface area contributed by atoms with Crippen molar-refractivity contribution in [2.75, 3.05) is 26.2 Å². The summed E-state index contributed by atoms with van der Waals surface area (Å²) < 4.78 is 18.3. The van der Waals surface area contributed by atoms with Gasteiger partial charge in [0.25, 0.3) is 5.91 Å². The number of aromatic nitrogens is 1. The summed E-state index contributed by atoms with van der Waals surface area (Å²) >= 11 is 6.42. The van der Waals surface area contributed by atoms with Crippen molar-refractivity contribution in [3.05, 3.63) is 63.4 Å². The Labute approximate surface area is 205 Å². The lowest BCUT2D eigenvalue weighted by molar-refractivity contribution is -0.145. The molecule has 0 spiro atoms. The first-order chi connectivity index (χ1) is 16.4. The number of carbonyl (C=O) groups is 2. The highest BCUT2D eigenvalue weighted by Crippen LogP contribution is 2.25. The van der Waals surface area contributed by atoms with Crippen LogP contribution in [0.5, 0.6) is 0 Å². The average molecular weight is 488 g/mol. The van der Waals surface area contributed by atoms with Gasteiger partial charge in [-0.1, -0.05) is 11.6 Å². The highest BCUT2D eigenvalue weighted by Gasteiger charge is 2.34. The number of carbonyl (C=O) groups excluding carboxylic acids is 2. The molecule has 34 heavy (non-hydrogen) atoms. The van der Waals surface area contributed by atoms with Crippen molar-refractivity contribution >= 4 is 23.3 Å². The number of amides is 1. The largest absolute Gasteiger partial charge is 0.368 e. The highest BCUT2D eigenvalue weighted by molar-refractivity contribution is 6.30. The molecule has 2 aliphatic heterocycles. The summed E-state index contributed by atoms with van der Waals surface area (Å²) in [6, 6.07) is 7.04. The molecule has 1 aromatic heterocycles. The standard InChI is InChI=1S/C26H31ClFN3O3/c1-17-15-30(7-8-31(17)26(33)25-4-3-9-34-25)16-21-11-22(27)10-20(18(21)2)12-24(32)19-5-6-23(13-28)29-14-19/h5-6,10-11,14,17,25H,3-4,7-9,12-13,15-16H2,1-2H3/t17-,25+/m0/s1. The fraction of sp³-hybridized carbons (Fsp3) is 0.500. The van der Waals surface area contributed by atoms with Gasteiger partial charge in [-0.3, -0.25) is 19.5 Å². The molecular formula is C26H31ClFN3O3. The summed E-state index contributed by atoms with van der Waals surface area (Å²) in [5.74, 6) is 0.0301. The first-order valence-electron chi connectivity index (χ1n) is 11.8. The Bertz CT molecular complexity index is 1040. The molecule has 0 saturated carbocycles. The lowest BCUT2D eigenvalue weighted by Crippen LogP contribution is -2.55. The highest BCUT2D eigenvalue weighted by atomic mass is 35.5. The molecule has 2 fully saturated rings. The monoisotopic (exact) mass is 487 g/mol. The van der Waals surface area contributed by atoms with Gasteiger partial charge in [-0.05, 0) is 67.6 Å². The molecule has 3 heterocycles. The van der Waals surface area contributed by atoms with Crippen LogP contribution in [-0.2, 0) is 29.2 Å². The Balaban J connectivity index is 1.41. The van der Waals surface area contributed by atoms with Crippen LogP contribution in [0.2, 0.25) is 5.02 Å². The van der Waals surface area contributed by atoms with Crippen molar-refractivity contribution in [1.29, 1.82) is 0 Å². The SMILES string of the molecule is Cc1c(CC(=O)c2ccc(CF)nc2)cc(Cl)cc1CN1CCN(C(=O)[C@H]2CCCO2)[C@@H](C)C1. The van der Waals surface area contributed by atoms with Gasteiger partial charge < -0.3 is 9.64 Å². The van der Waals surface area contributed by atoms with Gasteiger partial charge in [0.2, 0.25) is 0 Å². The molecule has 0 N–H and O–H groups in total. The first kappa shape index (κ1) is 24.8. The lowest BCUT2D eigenvalue weighted by atomic mass is 9.96. The van der Waals surface area contributed by atoms with Crippen LogP contribution in [-0.4, -0.2) is 64.9 Å². The fourth-order valence-electron chi connectivity index (χ4n) is 4.79. The molecule has 182 valence electrons. The van der Waals surface area contributed by atoms with Gasteiger partial charge in [0, 0.05) is 62.0 Å². The molecule has 2 aliphatic rings. The van der Waals surface area contributed by atoms with Crippen molar-refractivity contribution in [3.8, 4) is 0 Å². The van der Waals surface area contributed by atoms with Crippen molar-refractivity contribution in [1.82, 2.24) is 14.8 Å². The van der Waals surface area contributed by atoms with E-state index in [9.17, 15) is 14.0 Å². The molecule has 1 amide bonds. The van der Waals surface area contributed by atoms with E-state index in [2.05, 4.69) is 16.8 Å². The van der Waals surface area contributed by atoms with E-state index in [1.54, 1.807) is 6.07 Å². The Morgan fingerprint density at radius 1 is 1.24 bits per heavy atom. The van der Waals surface area contributed by atoms with Gasteiger partial charge in [0.1, 0.15) is 12.8 Å². The second kappa shape index (κ2) is 10.9. The fourth-order valence-corrected chi connectivity index (χ4v) is 5.05. The van der Waals surface area contributed by atoms with Crippen molar-refractivity contribution in [2.45, 2.75) is 58.5 Å². The third kappa shape index (κ3) is 5.65. The number of hydrogen-bond acceptors (Lipinski definition) is 5. The minimum Gasteiger partial charge on any atom is -0.368 e. The van der Waals surface area contributed by atoms with Gasteiger partial charge in [-0.2, -0.15) is 0 Å². The van der Waals surface area contributed by atoms with Crippen LogP contribution < -0.4 is 0 Å². The summed E-state index contributed by atoms with van der Waals surface area (Å²) in [6.07, 6.45) is 3.11. The third-order valence-corrected chi connectivity index (χ3v) is 7.03. The van der Waals surface area contributed by atoms with E-state index >= 15 is 0 Å². The minimum absolute atomic E-state index is 0.0795. The van der Waals surface area contributed by atoms with Crippen LogP contribution in [0.25, 0.3) is 0 Å². The van der Waals surface area contributed by atoms with E-state index in [4.69, 9.17) is 16.3 Å². The molecule has 8 heteroatoms. The van der Waals surface area contributed by atoms with Gasteiger partial charge in [-0.25, -0.2) is 4.39 Å². The predicted octanol–water partition coefficient (Wildman–Crippen LogP) is 4.15. The number of ketones is 1. The lowest BCUT2D eigenvalue weighted by Gasteiger charge is -2.41. The van der Waals surface area contributed by atoms with E-state index in [1.807, 2.05) is 24.0 Å². The number of nitrogens with zero attached hydrogens (tertiary/aromatic N) is 3. The maximum Gasteiger partial charge on any atom is 0.252 e. The number of pyridine rings is 1. The maximum atomic E-state index is 12.8. The van der Waals surface area contributed by atoms with E-state index in [-0.39, 0.29) is 30.3 Å². The number of rotatable bonds is 7. The van der Waals surface area contributed by atoms with Gasteiger partial charge >= 0.3 is 0 Å². The number of benzene rings is 1. The van der Waals surface area contributed by atoms with Crippen molar-refractivity contribution in [2.24, 2.45) is 0 Å². The second-order valence-corrected chi connectivity index (χ2v) is 9.67. The number of hydrogen-bond donors (Lipinski definition) is 0. The molecule has 1 aromatic carbocycles. The van der Waals surface area contributed by atoms with Crippen LogP contribution in [0.4, 0.5) is 4.39 Å². The topological polar surface area (TPSA) is 62.7 Å². The van der Waals surface area contributed by atoms with Gasteiger partial charge in [-0.15, -0.1) is 0 Å². The molecule has 2 aromatic rings. The van der Waals surface area contributed by atoms with Crippen LogP contribution in [0.3, 0.4) is 0 Å². The number of Topliss-reactive ketones (excluding diaryl/α,β-unsaturated/α-hetero) is 1. The smallest absolute Gasteiger partial charge is 0.252 e. The van der Waals surface area contributed by atoms with E-state index in [1.165, 1.54) is 12.3 Å². The number of alkyl halides is 1. The van der Waals surface area contributed by atoms with E-state index in [0.717, 1.165) is 42.6 Å². The molecule has 2 atom stereocenters. The number of halogens is 2. The van der Waals surface area contributed by atoms with Crippen LogP contribution in [0.1, 0.15) is 52.5 Å². The van der Waals surface area contributed by atoms with Crippen LogP contribution in [0.15, 0.2) is 30.5 Å². The Morgan fingerprint density at radius 3 is 2.68 bits per heavy atom. The molecule has 0 unspecified atom stereocenters. The van der Waals surface area contributed by atoms with E-state index in [0.29, 0.717) is 36.0 Å².